The highest BCUT2D eigenvalue weighted by Gasteiger charge is 2.25. The number of amides is 1. The number of esters is 1. The van der Waals surface area contributed by atoms with Gasteiger partial charge in [-0.1, -0.05) is 0 Å². The minimum absolute atomic E-state index is 0.0615. The van der Waals surface area contributed by atoms with E-state index in [4.69, 9.17) is 16.2 Å². The van der Waals surface area contributed by atoms with Crippen LogP contribution in [0.4, 0.5) is 10.7 Å². The van der Waals surface area contributed by atoms with Crippen LogP contribution in [0.25, 0.3) is 0 Å². The van der Waals surface area contributed by atoms with Crippen molar-refractivity contribution in [2.75, 3.05) is 31.3 Å². The highest BCUT2D eigenvalue weighted by Crippen LogP contribution is 2.36. The first-order chi connectivity index (χ1) is 10.0. The summed E-state index contributed by atoms with van der Waals surface area (Å²) in [6.45, 7) is 1.29. The molecule has 0 saturated carbocycles. The summed E-state index contributed by atoms with van der Waals surface area (Å²) in [5.41, 5.74) is 11.4. The van der Waals surface area contributed by atoms with Gasteiger partial charge in [0.2, 0.25) is 0 Å². The van der Waals surface area contributed by atoms with Gasteiger partial charge < -0.3 is 26.3 Å². The smallest absolute Gasteiger partial charge is 0.350 e. The first kappa shape index (κ1) is 15.6. The highest BCUT2D eigenvalue weighted by atomic mass is 32.1. The summed E-state index contributed by atoms with van der Waals surface area (Å²) in [6.07, 6.45) is 3.24. The van der Waals surface area contributed by atoms with Crippen LogP contribution in [-0.2, 0) is 9.47 Å². The third-order valence-electron chi connectivity index (χ3n) is 3.33. The normalized spacial score (nSPS) is 18.2. The van der Waals surface area contributed by atoms with Crippen LogP contribution in [-0.4, -0.2) is 38.2 Å². The Hall–Kier alpha value is -1.80. The Morgan fingerprint density at radius 2 is 2.24 bits per heavy atom. The lowest BCUT2D eigenvalue weighted by molar-refractivity contribution is 0.0248. The van der Waals surface area contributed by atoms with Gasteiger partial charge in [-0.15, -0.1) is 11.3 Å². The fraction of sp³-hybridized carbons (Fsp3) is 0.538. The molecule has 1 aliphatic heterocycles. The van der Waals surface area contributed by atoms with Crippen molar-refractivity contribution >= 4 is 33.9 Å². The predicted molar refractivity (Wildman–Crippen MR) is 80.7 cm³/mol. The second-order valence-corrected chi connectivity index (χ2v) is 5.79. The molecule has 1 saturated heterocycles. The molecule has 0 bridgehead atoms. The third kappa shape index (κ3) is 3.45. The summed E-state index contributed by atoms with van der Waals surface area (Å²) < 4.78 is 10.3. The van der Waals surface area contributed by atoms with E-state index < -0.39 is 11.9 Å². The number of nitrogen functional groups attached to an aromatic ring is 1. The van der Waals surface area contributed by atoms with Gasteiger partial charge in [-0.05, 0) is 19.3 Å². The number of rotatable bonds is 5. The summed E-state index contributed by atoms with van der Waals surface area (Å²) >= 11 is 1.07. The highest BCUT2D eigenvalue weighted by molar-refractivity contribution is 7.19. The lowest BCUT2D eigenvalue weighted by Crippen LogP contribution is -2.27. The molecule has 0 aliphatic carbocycles. The molecule has 7 nitrogen and oxygen atoms in total. The number of carbonyl (C=O) groups is 2. The number of nitrogens with one attached hydrogen (secondary N) is 1. The van der Waals surface area contributed by atoms with Crippen LogP contribution in [0.2, 0.25) is 0 Å². The van der Waals surface area contributed by atoms with Crippen LogP contribution in [0.5, 0.6) is 0 Å². The van der Waals surface area contributed by atoms with Crippen molar-refractivity contribution < 1.29 is 19.1 Å². The van der Waals surface area contributed by atoms with Crippen LogP contribution in [0, 0.1) is 0 Å². The fourth-order valence-electron chi connectivity index (χ4n) is 2.23. The Morgan fingerprint density at radius 1 is 1.48 bits per heavy atom. The SMILES string of the molecule is COC(=O)c1sc(NCC2CCCCO2)c(C(N)=O)c1N. The Labute approximate surface area is 126 Å². The minimum Gasteiger partial charge on any atom is -0.465 e. The number of methoxy groups -OCH3 is 1. The Bertz CT molecular complexity index is 538. The molecule has 0 spiro atoms. The summed E-state index contributed by atoms with van der Waals surface area (Å²) in [6, 6.07) is 0. The van der Waals surface area contributed by atoms with E-state index in [1.165, 1.54) is 7.11 Å². The molecule has 1 aliphatic rings. The van der Waals surface area contributed by atoms with Crippen molar-refractivity contribution in [2.45, 2.75) is 25.4 Å². The summed E-state index contributed by atoms with van der Waals surface area (Å²) in [5, 5.41) is 3.59. The van der Waals surface area contributed by atoms with Gasteiger partial charge in [0.15, 0.2) is 0 Å². The van der Waals surface area contributed by atoms with Gasteiger partial charge >= 0.3 is 5.97 Å². The topological polar surface area (TPSA) is 117 Å². The van der Waals surface area contributed by atoms with Crippen LogP contribution in [0.1, 0.15) is 39.3 Å². The van der Waals surface area contributed by atoms with Crippen molar-refractivity contribution in [3.8, 4) is 0 Å². The first-order valence-corrected chi connectivity index (χ1v) is 7.52. The predicted octanol–water partition coefficient (Wildman–Crippen LogP) is 1.20. The molecule has 1 fully saturated rings. The largest absolute Gasteiger partial charge is 0.465 e. The maximum Gasteiger partial charge on any atom is 0.350 e. The lowest BCUT2D eigenvalue weighted by atomic mass is 10.1. The molecule has 1 atom stereocenters. The Balaban J connectivity index is 2.17. The van der Waals surface area contributed by atoms with Crippen LogP contribution in [0.15, 0.2) is 0 Å². The molecular formula is C13H19N3O4S. The number of hydrogen-bond acceptors (Lipinski definition) is 7. The molecule has 1 aromatic rings. The van der Waals surface area contributed by atoms with Crippen molar-refractivity contribution in [1.29, 1.82) is 0 Å². The number of carbonyl (C=O) groups excluding carboxylic acids is 2. The first-order valence-electron chi connectivity index (χ1n) is 6.70. The van der Waals surface area contributed by atoms with Crippen molar-refractivity contribution in [3.05, 3.63) is 10.4 Å². The molecule has 5 N–H and O–H groups in total. The average Bonchev–Trinajstić information content (AvgIpc) is 2.82. The molecule has 2 rings (SSSR count). The molecule has 2 heterocycles. The molecule has 21 heavy (non-hydrogen) atoms. The summed E-state index contributed by atoms with van der Waals surface area (Å²) in [5.74, 6) is -1.26. The Morgan fingerprint density at radius 3 is 2.81 bits per heavy atom. The van der Waals surface area contributed by atoms with E-state index in [9.17, 15) is 9.59 Å². The quantitative estimate of drug-likeness (QED) is 0.703. The minimum atomic E-state index is -0.675. The molecule has 1 aromatic heterocycles. The summed E-state index contributed by atoms with van der Waals surface area (Å²) in [7, 11) is 1.26. The van der Waals surface area contributed by atoms with E-state index in [1.807, 2.05) is 0 Å². The van der Waals surface area contributed by atoms with E-state index >= 15 is 0 Å². The third-order valence-corrected chi connectivity index (χ3v) is 4.47. The molecule has 1 unspecified atom stereocenters. The molecule has 0 radical (unpaired) electrons. The Kier molecular flexibility index (Phi) is 5.03. The molecule has 0 aromatic carbocycles. The van der Waals surface area contributed by atoms with Crippen LogP contribution >= 0.6 is 11.3 Å². The van der Waals surface area contributed by atoms with E-state index in [1.54, 1.807) is 0 Å². The van der Waals surface area contributed by atoms with Gasteiger partial charge in [0.1, 0.15) is 9.88 Å². The van der Waals surface area contributed by atoms with Gasteiger partial charge in [-0.3, -0.25) is 4.79 Å². The van der Waals surface area contributed by atoms with Gasteiger partial charge in [0.25, 0.3) is 5.91 Å². The average molecular weight is 313 g/mol. The van der Waals surface area contributed by atoms with Crippen LogP contribution in [0.3, 0.4) is 0 Å². The van der Waals surface area contributed by atoms with Crippen molar-refractivity contribution in [1.82, 2.24) is 0 Å². The number of nitrogens with two attached hydrogens (primary N) is 2. The second kappa shape index (κ2) is 6.77. The van der Waals surface area contributed by atoms with E-state index in [-0.39, 0.29) is 22.2 Å². The van der Waals surface area contributed by atoms with Gasteiger partial charge in [0, 0.05) is 13.2 Å². The molecular weight excluding hydrogens is 294 g/mol. The van der Waals surface area contributed by atoms with E-state index in [2.05, 4.69) is 10.1 Å². The van der Waals surface area contributed by atoms with Crippen LogP contribution < -0.4 is 16.8 Å². The molecule has 1 amide bonds. The van der Waals surface area contributed by atoms with Gasteiger partial charge in [-0.2, -0.15) is 0 Å². The summed E-state index contributed by atoms with van der Waals surface area (Å²) in [4.78, 5) is 23.4. The standard InChI is InChI=1S/C13H19N3O4S/c1-19-13(18)10-9(14)8(11(15)17)12(21-10)16-6-7-4-2-3-5-20-7/h7,16H,2-6,14H2,1H3,(H2,15,17). The zero-order valence-corrected chi connectivity index (χ0v) is 12.6. The maximum atomic E-state index is 11.6. The van der Waals surface area contributed by atoms with Crippen molar-refractivity contribution in [3.63, 3.8) is 0 Å². The number of thiophene rings is 1. The zero-order chi connectivity index (χ0) is 15.4. The van der Waals surface area contributed by atoms with E-state index in [0.29, 0.717) is 11.5 Å². The molecule has 116 valence electrons. The lowest BCUT2D eigenvalue weighted by Gasteiger charge is -2.23. The number of anilines is 2. The van der Waals surface area contributed by atoms with Gasteiger partial charge in [0.05, 0.1) is 24.5 Å². The second-order valence-electron chi connectivity index (χ2n) is 4.77. The van der Waals surface area contributed by atoms with Gasteiger partial charge in [-0.25, -0.2) is 4.79 Å². The fourth-order valence-corrected chi connectivity index (χ4v) is 3.28. The van der Waals surface area contributed by atoms with E-state index in [0.717, 1.165) is 37.2 Å². The van der Waals surface area contributed by atoms with Crippen molar-refractivity contribution in [2.24, 2.45) is 5.73 Å². The monoisotopic (exact) mass is 313 g/mol. The number of hydrogen-bond donors (Lipinski definition) is 3. The number of ether oxygens (including phenoxy) is 2. The maximum absolute atomic E-state index is 11.6. The zero-order valence-electron chi connectivity index (χ0n) is 11.8. The number of primary amides is 1. The molecule has 8 heteroatoms.